The third-order valence-electron chi connectivity index (χ3n) is 9.58. The molecule has 1 N–H and O–H groups in total. The molecule has 1 aliphatic carbocycles. The van der Waals surface area contributed by atoms with E-state index < -0.39 is 67.3 Å². The van der Waals surface area contributed by atoms with Gasteiger partial charge >= 0.3 is 23.9 Å². The number of ether oxygens (including phenoxy) is 6. The molecule has 11 heteroatoms. The van der Waals surface area contributed by atoms with Gasteiger partial charge in [0.05, 0.1) is 16.7 Å². The summed E-state index contributed by atoms with van der Waals surface area (Å²) in [7, 11) is 0. The number of rotatable bonds is 14. The minimum atomic E-state index is -1.84. The van der Waals surface area contributed by atoms with E-state index in [1.165, 1.54) is 0 Å². The zero-order valence-corrected chi connectivity index (χ0v) is 29.8. The van der Waals surface area contributed by atoms with Crippen LogP contribution in [0.1, 0.15) is 75.2 Å². The van der Waals surface area contributed by atoms with E-state index in [4.69, 9.17) is 28.4 Å². The highest BCUT2D eigenvalue weighted by Crippen LogP contribution is 2.34. The molecule has 0 aromatic heterocycles. The van der Waals surface area contributed by atoms with Crippen LogP contribution in [0, 0.1) is 5.92 Å². The maximum Gasteiger partial charge on any atom is 0.338 e. The SMILES string of the molecule is O=C(OC[C@H]1O[C@H](O)[C@H](OC(=O)c2ccccc2)[C@@H](O[C@@H](CC2CCCCC2)C(=O)OCc2ccccc2)[C@H]1OC(=O)c1ccccc1)c1ccccc1. The maximum atomic E-state index is 14.0. The minimum Gasteiger partial charge on any atom is -0.459 e. The van der Waals surface area contributed by atoms with Gasteiger partial charge in [-0.05, 0) is 54.3 Å². The van der Waals surface area contributed by atoms with Gasteiger partial charge in [0.25, 0.3) is 0 Å². The van der Waals surface area contributed by atoms with Gasteiger partial charge in [-0.2, -0.15) is 0 Å². The first-order chi connectivity index (χ1) is 26.4. The van der Waals surface area contributed by atoms with Crippen LogP contribution < -0.4 is 0 Å². The molecular weight excluding hydrogens is 692 g/mol. The van der Waals surface area contributed by atoms with Crippen molar-refractivity contribution in [2.45, 2.75) is 81.9 Å². The van der Waals surface area contributed by atoms with Crippen LogP contribution in [-0.2, 0) is 39.8 Å². The van der Waals surface area contributed by atoms with Crippen molar-refractivity contribution in [3.8, 4) is 0 Å². The van der Waals surface area contributed by atoms with E-state index in [9.17, 15) is 24.3 Å². The first kappa shape index (κ1) is 38.4. The fourth-order valence-corrected chi connectivity index (χ4v) is 6.74. The summed E-state index contributed by atoms with van der Waals surface area (Å²) < 4.78 is 35.9. The Kier molecular flexibility index (Phi) is 13.6. The van der Waals surface area contributed by atoms with Crippen LogP contribution in [0.25, 0.3) is 0 Å². The Balaban J connectivity index is 1.34. The van der Waals surface area contributed by atoms with Crippen LogP contribution in [0.3, 0.4) is 0 Å². The van der Waals surface area contributed by atoms with Gasteiger partial charge < -0.3 is 33.5 Å². The summed E-state index contributed by atoms with van der Waals surface area (Å²) in [5, 5.41) is 11.5. The molecule has 1 saturated carbocycles. The molecule has 0 bridgehead atoms. The van der Waals surface area contributed by atoms with E-state index in [0.717, 1.165) is 37.7 Å². The van der Waals surface area contributed by atoms with Gasteiger partial charge in [-0.15, -0.1) is 0 Å². The lowest BCUT2D eigenvalue weighted by atomic mass is 9.85. The number of aliphatic hydroxyl groups is 1. The van der Waals surface area contributed by atoms with Crippen LogP contribution in [-0.4, -0.2) is 72.4 Å². The largest absolute Gasteiger partial charge is 0.459 e. The van der Waals surface area contributed by atoms with Crippen molar-refractivity contribution >= 4 is 23.9 Å². The molecule has 54 heavy (non-hydrogen) atoms. The highest BCUT2D eigenvalue weighted by Gasteiger charge is 2.52. The van der Waals surface area contributed by atoms with E-state index in [1.807, 2.05) is 30.3 Å². The van der Waals surface area contributed by atoms with Gasteiger partial charge in [-0.25, -0.2) is 19.2 Å². The predicted octanol–water partition coefficient (Wildman–Crippen LogP) is 6.48. The second-order valence-electron chi connectivity index (χ2n) is 13.4. The number of aliphatic hydroxyl groups excluding tert-OH is 1. The summed E-state index contributed by atoms with van der Waals surface area (Å²) in [6, 6.07) is 33.8. The van der Waals surface area contributed by atoms with Crippen LogP contribution in [0.15, 0.2) is 121 Å². The van der Waals surface area contributed by atoms with Gasteiger partial charge in [0.1, 0.15) is 25.4 Å². The van der Waals surface area contributed by atoms with Gasteiger partial charge in [-0.3, -0.25) is 0 Å². The fourth-order valence-electron chi connectivity index (χ4n) is 6.74. The van der Waals surface area contributed by atoms with Crippen molar-refractivity contribution in [1.29, 1.82) is 0 Å². The molecule has 0 amide bonds. The highest BCUT2D eigenvalue weighted by atomic mass is 16.7. The topological polar surface area (TPSA) is 144 Å². The summed E-state index contributed by atoms with van der Waals surface area (Å²) >= 11 is 0. The summed E-state index contributed by atoms with van der Waals surface area (Å²) in [5.74, 6) is -2.82. The standard InChI is InChI=1S/C43H44O11/c44-39(31-20-10-3-11-21-31)50-28-35-36(53-40(45)32-22-12-4-13-23-32)37(38(43(48)52-35)54-41(46)33-24-14-5-15-25-33)51-34(26-29-16-6-1-7-17-29)42(47)49-27-30-18-8-2-9-19-30/h2-5,8-15,18-25,29,34-38,43,48H,1,6-7,16-17,26-28H2/t34-,35+,36-,37-,38+,43-/m0/s1. The molecule has 6 atom stereocenters. The van der Waals surface area contributed by atoms with Crippen molar-refractivity contribution in [1.82, 2.24) is 0 Å². The number of hydrogen-bond donors (Lipinski definition) is 1. The Morgan fingerprint density at radius 2 is 1.11 bits per heavy atom. The van der Waals surface area contributed by atoms with E-state index >= 15 is 0 Å². The Morgan fingerprint density at radius 1 is 0.611 bits per heavy atom. The third kappa shape index (κ3) is 10.4. The van der Waals surface area contributed by atoms with E-state index in [0.29, 0.717) is 0 Å². The molecule has 0 spiro atoms. The van der Waals surface area contributed by atoms with Crippen LogP contribution >= 0.6 is 0 Å². The molecule has 0 radical (unpaired) electrons. The zero-order chi connectivity index (χ0) is 37.7. The maximum absolute atomic E-state index is 14.0. The molecule has 4 aromatic rings. The first-order valence-electron chi connectivity index (χ1n) is 18.3. The van der Waals surface area contributed by atoms with E-state index in [2.05, 4.69) is 0 Å². The second kappa shape index (κ2) is 19.1. The lowest BCUT2D eigenvalue weighted by molar-refractivity contribution is -0.298. The molecular formula is C43H44O11. The number of hydrogen-bond acceptors (Lipinski definition) is 11. The van der Waals surface area contributed by atoms with E-state index in [-0.39, 0.29) is 35.6 Å². The fraction of sp³-hybridized carbons (Fsp3) is 0.349. The van der Waals surface area contributed by atoms with Crippen LogP contribution in [0.5, 0.6) is 0 Å². The van der Waals surface area contributed by atoms with Crippen molar-refractivity contribution in [3.05, 3.63) is 144 Å². The number of esters is 4. The Morgan fingerprint density at radius 3 is 1.67 bits per heavy atom. The smallest absolute Gasteiger partial charge is 0.338 e. The van der Waals surface area contributed by atoms with Gasteiger partial charge in [0.2, 0.25) is 0 Å². The van der Waals surface area contributed by atoms with Crippen LogP contribution in [0.2, 0.25) is 0 Å². The second-order valence-corrected chi connectivity index (χ2v) is 13.4. The highest BCUT2D eigenvalue weighted by molar-refractivity contribution is 5.90. The summed E-state index contributed by atoms with van der Waals surface area (Å²) in [6.07, 6.45) is -3.79. The molecule has 282 valence electrons. The average Bonchev–Trinajstić information content (AvgIpc) is 3.22. The van der Waals surface area contributed by atoms with Gasteiger partial charge in [0, 0.05) is 0 Å². The number of carbonyl (C=O) groups is 4. The molecule has 1 heterocycles. The predicted molar refractivity (Wildman–Crippen MR) is 195 cm³/mol. The zero-order valence-electron chi connectivity index (χ0n) is 29.8. The van der Waals surface area contributed by atoms with Gasteiger partial charge in [0.15, 0.2) is 24.6 Å². The molecule has 1 saturated heterocycles. The molecule has 2 fully saturated rings. The lowest BCUT2D eigenvalue weighted by Crippen LogP contribution is -2.63. The average molecular weight is 737 g/mol. The molecule has 6 rings (SSSR count). The van der Waals surface area contributed by atoms with Gasteiger partial charge in [-0.1, -0.05) is 117 Å². The van der Waals surface area contributed by atoms with Crippen LogP contribution in [0.4, 0.5) is 0 Å². The Labute approximate surface area is 314 Å². The molecule has 1 aliphatic heterocycles. The van der Waals surface area contributed by atoms with Crippen molar-refractivity contribution < 1.29 is 52.7 Å². The lowest BCUT2D eigenvalue weighted by Gasteiger charge is -2.44. The molecule has 0 unspecified atom stereocenters. The summed E-state index contributed by atoms with van der Waals surface area (Å²) in [5.41, 5.74) is 1.42. The number of benzene rings is 4. The number of carbonyl (C=O) groups excluding carboxylic acids is 4. The molecule has 2 aliphatic rings. The third-order valence-corrected chi connectivity index (χ3v) is 9.58. The minimum absolute atomic E-state index is 0.0164. The first-order valence-corrected chi connectivity index (χ1v) is 18.3. The van der Waals surface area contributed by atoms with E-state index in [1.54, 1.807) is 91.0 Å². The van der Waals surface area contributed by atoms with Crippen molar-refractivity contribution in [3.63, 3.8) is 0 Å². The monoisotopic (exact) mass is 736 g/mol. The molecule has 11 nitrogen and oxygen atoms in total. The van der Waals surface area contributed by atoms with Crippen molar-refractivity contribution in [2.24, 2.45) is 5.92 Å². The molecule has 4 aromatic carbocycles. The Bertz CT molecular complexity index is 1800. The normalized spacial score (nSPS) is 22.0. The Hall–Kier alpha value is -5.36. The summed E-state index contributed by atoms with van der Waals surface area (Å²) in [4.78, 5) is 54.2. The quantitative estimate of drug-likeness (QED) is 0.112. The van der Waals surface area contributed by atoms with Crippen molar-refractivity contribution in [2.75, 3.05) is 6.61 Å². The summed E-state index contributed by atoms with van der Waals surface area (Å²) in [6.45, 7) is -0.500.